The molecule has 3 nitrogen and oxygen atoms in total. The number of rotatable bonds is 1. The SMILES string of the molecule is Cc1cc(N)ccc1-n1cnc2c1CCCC2. The number of anilines is 1. The summed E-state index contributed by atoms with van der Waals surface area (Å²) < 4.78 is 2.23. The quantitative estimate of drug-likeness (QED) is 0.761. The zero-order chi connectivity index (χ0) is 11.8. The molecule has 0 spiro atoms. The maximum atomic E-state index is 5.79. The van der Waals surface area contributed by atoms with Crippen LogP contribution in [0.4, 0.5) is 5.69 Å². The second-order valence-corrected chi connectivity index (χ2v) is 4.76. The van der Waals surface area contributed by atoms with E-state index >= 15 is 0 Å². The number of fused-ring (bicyclic) bond motifs is 1. The van der Waals surface area contributed by atoms with Gasteiger partial charge in [-0.25, -0.2) is 4.98 Å². The molecule has 3 heteroatoms. The number of benzene rings is 1. The minimum Gasteiger partial charge on any atom is -0.399 e. The van der Waals surface area contributed by atoms with Gasteiger partial charge in [-0.2, -0.15) is 0 Å². The highest BCUT2D eigenvalue weighted by atomic mass is 15.1. The van der Waals surface area contributed by atoms with E-state index in [0.29, 0.717) is 0 Å². The van der Waals surface area contributed by atoms with Crippen LogP contribution in [0.2, 0.25) is 0 Å². The Labute approximate surface area is 101 Å². The smallest absolute Gasteiger partial charge is 0.0997 e. The van der Waals surface area contributed by atoms with E-state index in [1.165, 1.54) is 35.5 Å². The van der Waals surface area contributed by atoms with Crippen molar-refractivity contribution in [1.82, 2.24) is 9.55 Å². The zero-order valence-electron chi connectivity index (χ0n) is 10.1. The molecule has 1 aliphatic carbocycles. The summed E-state index contributed by atoms with van der Waals surface area (Å²) in [4.78, 5) is 4.53. The Hall–Kier alpha value is -1.77. The van der Waals surface area contributed by atoms with Crippen molar-refractivity contribution in [3.8, 4) is 5.69 Å². The number of imidazole rings is 1. The van der Waals surface area contributed by atoms with Crippen LogP contribution in [0.5, 0.6) is 0 Å². The molecule has 1 heterocycles. The molecule has 3 rings (SSSR count). The third-order valence-electron chi connectivity index (χ3n) is 3.51. The Morgan fingerprint density at radius 1 is 1.24 bits per heavy atom. The molecular weight excluding hydrogens is 210 g/mol. The van der Waals surface area contributed by atoms with Gasteiger partial charge in [-0.3, -0.25) is 0 Å². The average molecular weight is 227 g/mol. The Bertz CT molecular complexity index is 555. The van der Waals surface area contributed by atoms with E-state index < -0.39 is 0 Å². The highest BCUT2D eigenvalue weighted by Gasteiger charge is 2.16. The lowest BCUT2D eigenvalue weighted by Gasteiger charge is -2.15. The van der Waals surface area contributed by atoms with Crippen LogP contribution in [0.1, 0.15) is 29.8 Å². The van der Waals surface area contributed by atoms with Crippen molar-refractivity contribution in [2.24, 2.45) is 0 Å². The standard InChI is InChI=1S/C14H17N3/c1-10-8-11(15)6-7-13(10)17-9-16-12-4-2-3-5-14(12)17/h6-9H,2-5,15H2,1H3. The molecule has 1 aliphatic rings. The molecule has 0 unspecified atom stereocenters. The van der Waals surface area contributed by atoms with Gasteiger partial charge in [0.05, 0.1) is 12.0 Å². The number of nitrogen functional groups attached to an aromatic ring is 1. The summed E-state index contributed by atoms with van der Waals surface area (Å²) in [6.45, 7) is 2.10. The van der Waals surface area contributed by atoms with E-state index in [1.54, 1.807) is 0 Å². The fraction of sp³-hybridized carbons (Fsp3) is 0.357. The first-order valence-corrected chi connectivity index (χ1v) is 6.17. The largest absolute Gasteiger partial charge is 0.399 e. The van der Waals surface area contributed by atoms with Crippen LogP contribution in [0, 0.1) is 6.92 Å². The maximum absolute atomic E-state index is 5.79. The zero-order valence-corrected chi connectivity index (χ0v) is 10.1. The normalized spacial score (nSPS) is 14.6. The van der Waals surface area contributed by atoms with Crippen LogP contribution in [0.25, 0.3) is 5.69 Å². The maximum Gasteiger partial charge on any atom is 0.0997 e. The number of hydrogen-bond donors (Lipinski definition) is 1. The van der Waals surface area contributed by atoms with Crippen LogP contribution >= 0.6 is 0 Å². The van der Waals surface area contributed by atoms with Crippen molar-refractivity contribution in [1.29, 1.82) is 0 Å². The molecule has 2 N–H and O–H groups in total. The number of nitrogens with zero attached hydrogens (tertiary/aromatic N) is 2. The summed E-state index contributed by atoms with van der Waals surface area (Å²) in [5, 5.41) is 0. The molecule has 0 atom stereocenters. The van der Waals surface area contributed by atoms with E-state index in [0.717, 1.165) is 18.5 Å². The van der Waals surface area contributed by atoms with Gasteiger partial charge in [0, 0.05) is 17.1 Å². The Morgan fingerprint density at radius 2 is 2.06 bits per heavy atom. The Morgan fingerprint density at radius 3 is 2.88 bits per heavy atom. The molecule has 0 saturated heterocycles. The average Bonchev–Trinajstić information content (AvgIpc) is 2.73. The van der Waals surface area contributed by atoms with E-state index in [2.05, 4.69) is 22.5 Å². The van der Waals surface area contributed by atoms with Gasteiger partial charge in [-0.05, 0) is 56.4 Å². The van der Waals surface area contributed by atoms with Gasteiger partial charge in [0.2, 0.25) is 0 Å². The number of hydrogen-bond acceptors (Lipinski definition) is 2. The van der Waals surface area contributed by atoms with Crippen LogP contribution in [0.15, 0.2) is 24.5 Å². The van der Waals surface area contributed by atoms with Crippen LogP contribution < -0.4 is 5.73 Å². The van der Waals surface area contributed by atoms with Gasteiger partial charge in [0.15, 0.2) is 0 Å². The van der Waals surface area contributed by atoms with Crippen molar-refractivity contribution < 1.29 is 0 Å². The summed E-state index contributed by atoms with van der Waals surface area (Å²) in [7, 11) is 0. The number of aryl methyl sites for hydroxylation is 2. The van der Waals surface area contributed by atoms with Crippen molar-refractivity contribution in [2.45, 2.75) is 32.6 Å². The van der Waals surface area contributed by atoms with Gasteiger partial charge in [-0.1, -0.05) is 0 Å². The molecule has 0 bridgehead atoms. The molecule has 1 aromatic carbocycles. The summed E-state index contributed by atoms with van der Waals surface area (Å²) in [5.74, 6) is 0. The molecule has 0 radical (unpaired) electrons. The van der Waals surface area contributed by atoms with E-state index in [9.17, 15) is 0 Å². The second kappa shape index (κ2) is 3.91. The molecular formula is C14H17N3. The van der Waals surface area contributed by atoms with E-state index in [4.69, 9.17) is 5.73 Å². The van der Waals surface area contributed by atoms with Gasteiger partial charge < -0.3 is 10.3 Å². The lowest BCUT2D eigenvalue weighted by Crippen LogP contribution is -2.07. The van der Waals surface area contributed by atoms with Crippen molar-refractivity contribution in [3.63, 3.8) is 0 Å². The number of nitrogens with two attached hydrogens (primary N) is 1. The Balaban J connectivity index is 2.12. The molecule has 0 fully saturated rings. The molecule has 88 valence electrons. The minimum atomic E-state index is 0.820. The van der Waals surface area contributed by atoms with Gasteiger partial charge in [0.25, 0.3) is 0 Å². The third-order valence-corrected chi connectivity index (χ3v) is 3.51. The van der Waals surface area contributed by atoms with Crippen LogP contribution in [-0.2, 0) is 12.8 Å². The summed E-state index contributed by atoms with van der Waals surface area (Å²) >= 11 is 0. The van der Waals surface area contributed by atoms with E-state index in [1.807, 2.05) is 18.5 Å². The monoisotopic (exact) mass is 227 g/mol. The highest BCUT2D eigenvalue weighted by molar-refractivity contribution is 5.52. The topological polar surface area (TPSA) is 43.8 Å². The molecule has 0 amide bonds. The first-order chi connectivity index (χ1) is 8.25. The molecule has 2 aromatic rings. The lowest BCUT2D eigenvalue weighted by molar-refractivity contribution is 0.655. The van der Waals surface area contributed by atoms with Crippen LogP contribution in [0.3, 0.4) is 0 Å². The predicted octanol–water partition coefficient (Wildman–Crippen LogP) is 2.64. The van der Waals surface area contributed by atoms with Crippen molar-refractivity contribution in [3.05, 3.63) is 41.5 Å². The molecule has 1 aromatic heterocycles. The fourth-order valence-corrected chi connectivity index (χ4v) is 2.63. The highest BCUT2D eigenvalue weighted by Crippen LogP contribution is 2.25. The molecule has 0 saturated carbocycles. The summed E-state index contributed by atoms with van der Waals surface area (Å²) in [5.41, 5.74) is 11.7. The molecule has 0 aliphatic heterocycles. The van der Waals surface area contributed by atoms with Gasteiger partial charge >= 0.3 is 0 Å². The number of aromatic nitrogens is 2. The predicted molar refractivity (Wildman–Crippen MR) is 69.4 cm³/mol. The Kier molecular flexibility index (Phi) is 2.39. The van der Waals surface area contributed by atoms with Crippen molar-refractivity contribution >= 4 is 5.69 Å². The summed E-state index contributed by atoms with van der Waals surface area (Å²) in [6.07, 6.45) is 6.75. The fourth-order valence-electron chi connectivity index (χ4n) is 2.63. The second-order valence-electron chi connectivity index (χ2n) is 4.76. The third kappa shape index (κ3) is 1.71. The molecule has 17 heavy (non-hydrogen) atoms. The van der Waals surface area contributed by atoms with Gasteiger partial charge in [-0.15, -0.1) is 0 Å². The minimum absolute atomic E-state index is 0.820. The van der Waals surface area contributed by atoms with Crippen LogP contribution in [-0.4, -0.2) is 9.55 Å². The van der Waals surface area contributed by atoms with Gasteiger partial charge in [0.1, 0.15) is 0 Å². The first kappa shape index (κ1) is 10.4. The summed E-state index contributed by atoms with van der Waals surface area (Å²) in [6, 6.07) is 6.06. The lowest BCUT2D eigenvalue weighted by atomic mass is 10.0. The van der Waals surface area contributed by atoms with E-state index in [-0.39, 0.29) is 0 Å². The first-order valence-electron chi connectivity index (χ1n) is 6.17. The van der Waals surface area contributed by atoms with Crippen molar-refractivity contribution in [2.75, 3.05) is 5.73 Å².